The van der Waals surface area contributed by atoms with Gasteiger partial charge in [-0.2, -0.15) is 5.10 Å². The van der Waals surface area contributed by atoms with Crippen LogP contribution in [0.1, 0.15) is 66.1 Å². The molecule has 0 radical (unpaired) electrons. The molecule has 1 aliphatic rings. The summed E-state index contributed by atoms with van der Waals surface area (Å²) in [6.45, 7) is 7.34. The average Bonchev–Trinajstić information content (AvgIpc) is 3.16. The first kappa shape index (κ1) is 18.6. The third kappa shape index (κ3) is 3.82. The zero-order valence-electron chi connectivity index (χ0n) is 15.7. The molecule has 7 heteroatoms. The number of thiophene rings is 1. The number of ether oxygens (including phenoxy) is 1. The molecule has 0 aromatic carbocycles. The Morgan fingerprint density at radius 2 is 2.00 bits per heavy atom. The molecule has 1 atom stereocenters. The first-order valence-corrected chi connectivity index (χ1v) is 9.86. The fourth-order valence-corrected chi connectivity index (χ4v) is 4.41. The number of hydrogen-bond acceptors (Lipinski definition) is 5. The van der Waals surface area contributed by atoms with Gasteiger partial charge in [-0.15, -0.1) is 11.3 Å². The summed E-state index contributed by atoms with van der Waals surface area (Å²) in [4.78, 5) is 26.5. The van der Waals surface area contributed by atoms with Gasteiger partial charge in [0.15, 0.2) is 0 Å². The van der Waals surface area contributed by atoms with Gasteiger partial charge < -0.3 is 10.1 Å². The zero-order chi connectivity index (χ0) is 18.8. The number of nitrogens with one attached hydrogen (secondary N) is 1. The van der Waals surface area contributed by atoms with Crippen LogP contribution >= 0.6 is 11.3 Å². The van der Waals surface area contributed by atoms with Crippen molar-refractivity contribution >= 4 is 28.2 Å². The Labute approximate surface area is 157 Å². The SMILES string of the molecule is Cc1ccn(C(C)C(=O)Nc2sc3c(c2C(=O)OC(C)C)CCCC3)n1. The molecule has 6 nitrogen and oxygen atoms in total. The normalized spacial score (nSPS) is 14.8. The van der Waals surface area contributed by atoms with Crippen LogP contribution in [-0.4, -0.2) is 27.8 Å². The van der Waals surface area contributed by atoms with Crippen LogP contribution in [0.3, 0.4) is 0 Å². The number of aryl methyl sites for hydroxylation is 2. The lowest BCUT2D eigenvalue weighted by molar-refractivity contribution is -0.119. The monoisotopic (exact) mass is 375 g/mol. The van der Waals surface area contributed by atoms with Crippen LogP contribution in [0.5, 0.6) is 0 Å². The van der Waals surface area contributed by atoms with Crippen molar-refractivity contribution in [1.82, 2.24) is 9.78 Å². The van der Waals surface area contributed by atoms with E-state index in [2.05, 4.69) is 10.4 Å². The number of anilines is 1. The van der Waals surface area contributed by atoms with Crippen LogP contribution in [0.15, 0.2) is 12.3 Å². The van der Waals surface area contributed by atoms with Crippen LogP contribution in [0, 0.1) is 6.92 Å². The smallest absolute Gasteiger partial charge is 0.341 e. The van der Waals surface area contributed by atoms with Gasteiger partial charge in [-0.1, -0.05) is 0 Å². The molecule has 2 heterocycles. The highest BCUT2D eigenvalue weighted by molar-refractivity contribution is 7.17. The van der Waals surface area contributed by atoms with E-state index in [1.165, 1.54) is 16.2 Å². The number of amides is 1. The van der Waals surface area contributed by atoms with Gasteiger partial charge in [0.2, 0.25) is 5.91 Å². The molecule has 1 aliphatic carbocycles. The Morgan fingerprint density at radius 1 is 1.27 bits per heavy atom. The summed E-state index contributed by atoms with van der Waals surface area (Å²) >= 11 is 1.50. The summed E-state index contributed by atoms with van der Waals surface area (Å²) in [5.41, 5.74) is 2.44. The Hall–Kier alpha value is -2.15. The lowest BCUT2D eigenvalue weighted by Gasteiger charge is -2.15. The third-order valence-corrected chi connectivity index (χ3v) is 5.68. The fraction of sp³-hybridized carbons (Fsp3) is 0.526. The fourth-order valence-electron chi connectivity index (χ4n) is 3.13. The summed E-state index contributed by atoms with van der Waals surface area (Å²) in [6.07, 6.45) is 5.57. The Morgan fingerprint density at radius 3 is 2.65 bits per heavy atom. The van der Waals surface area contributed by atoms with Crippen molar-refractivity contribution < 1.29 is 14.3 Å². The largest absolute Gasteiger partial charge is 0.459 e. The van der Waals surface area contributed by atoms with Crippen LogP contribution in [-0.2, 0) is 22.4 Å². The minimum Gasteiger partial charge on any atom is -0.459 e. The number of esters is 1. The van der Waals surface area contributed by atoms with Gasteiger partial charge in [0.1, 0.15) is 11.0 Å². The molecule has 1 N–H and O–H groups in total. The molecular formula is C19H25N3O3S. The van der Waals surface area contributed by atoms with E-state index < -0.39 is 6.04 Å². The van der Waals surface area contributed by atoms with E-state index in [4.69, 9.17) is 4.74 Å². The summed E-state index contributed by atoms with van der Waals surface area (Å²) in [5, 5.41) is 7.85. The maximum absolute atomic E-state index is 12.7. The molecule has 3 rings (SSSR count). The van der Waals surface area contributed by atoms with Gasteiger partial charge in [-0.3, -0.25) is 9.48 Å². The Bertz CT molecular complexity index is 822. The van der Waals surface area contributed by atoms with Crippen molar-refractivity contribution in [3.63, 3.8) is 0 Å². The first-order chi connectivity index (χ1) is 12.4. The maximum atomic E-state index is 12.7. The van der Waals surface area contributed by atoms with Gasteiger partial charge in [-0.25, -0.2) is 4.79 Å². The molecule has 26 heavy (non-hydrogen) atoms. The second-order valence-corrected chi connectivity index (χ2v) is 8.08. The predicted molar refractivity (Wildman–Crippen MR) is 102 cm³/mol. The van der Waals surface area contributed by atoms with Crippen LogP contribution in [0.4, 0.5) is 5.00 Å². The quantitative estimate of drug-likeness (QED) is 0.805. The lowest BCUT2D eigenvalue weighted by Crippen LogP contribution is -2.25. The molecule has 0 fully saturated rings. The number of nitrogens with zero attached hydrogens (tertiary/aromatic N) is 2. The zero-order valence-corrected chi connectivity index (χ0v) is 16.5. The molecule has 1 unspecified atom stereocenters. The van der Waals surface area contributed by atoms with E-state index in [0.717, 1.165) is 36.9 Å². The molecule has 0 saturated carbocycles. The van der Waals surface area contributed by atoms with E-state index in [-0.39, 0.29) is 18.0 Å². The van der Waals surface area contributed by atoms with E-state index in [1.54, 1.807) is 17.8 Å². The first-order valence-electron chi connectivity index (χ1n) is 9.05. The van der Waals surface area contributed by atoms with E-state index in [1.807, 2.05) is 26.8 Å². The Kier molecular flexibility index (Phi) is 5.46. The topological polar surface area (TPSA) is 73.2 Å². The second-order valence-electron chi connectivity index (χ2n) is 6.97. The van der Waals surface area contributed by atoms with Crippen molar-refractivity contribution in [2.24, 2.45) is 0 Å². The van der Waals surface area contributed by atoms with E-state index in [9.17, 15) is 9.59 Å². The second kappa shape index (κ2) is 7.61. The highest BCUT2D eigenvalue weighted by atomic mass is 32.1. The number of rotatable bonds is 5. The van der Waals surface area contributed by atoms with E-state index >= 15 is 0 Å². The highest BCUT2D eigenvalue weighted by Gasteiger charge is 2.29. The third-order valence-electron chi connectivity index (χ3n) is 4.47. The predicted octanol–water partition coefficient (Wildman–Crippen LogP) is 3.90. The van der Waals surface area contributed by atoms with Crippen molar-refractivity contribution in [2.45, 2.75) is 65.5 Å². The van der Waals surface area contributed by atoms with Crippen molar-refractivity contribution in [3.05, 3.63) is 34.0 Å². The molecule has 1 amide bonds. The van der Waals surface area contributed by atoms with Crippen molar-refractivity contribution in [3.8, 4) is 0 Å². The summed E-state index contributed by atoms with van der Waals surface area (Å²) < 4.78 is 7.06. The molecule has 0 bridgehead atoms. The standard InChI is InChI=1S/C19H25N3O3S/c1-11(2)25-19(24)16-14-7-5-6-8-15(14)26-18(16)20-17(23)13(4)22-10-9-12(3)21-22/h9-11,13H,5-8H2,1-4H3,(H,20,23). The minimum absolute atomic E-state index is 0.190. The number of aromatic nitrogens is 2. The average molecular weight is 375 g/mol. The molecule has 0 aliphatic heterocycles. The molecule has 140 valence electrons. The number of hydrogen-bond donors (Lipinski definition) is 1. The lowest BCUT2D eigenvalue weighted by atomic mass is 9.95. The van der Waals surface area contributed by atoms with Crippen LogP contribution in [0.2, 0.25) is 0 Å². The molecule has 2 aromatic heterocycles. The van der Waals surface area contributed by atoms with Gasteiger partial charge in [-0.05, 0) is 65.0 Å². The number of fused-ring (bicyclic) bond motifs is 1. The highest BCUT2D eigenvalue weighted by Crippen LogP contribution is 2.39. The van der Waals surface area contributed by atoms with Crippen molar-refractivity contribution in [1.29, 1.82) is 0 Å². The van der Waals surface area contributed by atoms with Crippen molar-refractivity contribution in [2.75, 3.05) is 5.32 Å². The Balaban J connectivity index is 1.87. The number of carbonyl (C=O) groups excluding carboxylic acids is 2. The summed E-state index contributed by atoms with van der Waals surface area (Å²) in [7, 11) is 0. The molecule has 2 aromatic rings. The maximum Gasteiger partial charge on any atom is 0.341 e. The van der Waals surface area contributed by atoms with Gasteiger partial charge in [0, 0.05) is 11.1 Å². The molecular weight excluding hydrogens is 350 g/mol. The molecule has 0 spiro atoms. The van der Waals surface area contributed by atoms with Crippen LogP contribution < -0.4 is 5.32 Å². The van der Waals surface area contributed by atoms with Gasteiger partial charge >= 0.3 is 5.97 Å². The summed E-state index contributed by atoms with van der Waals surface area (Å²) in [6, 6.07) is 1.40. The number of carbonyl (C=O) groups is 2. The van der Waals surface area contributed by atoms with Gasteiger partial charge in [0.05, 0.1) is 17.4 Å². The van der Waals surface area contributed by atoms with E-state index in [0.29, 0.717) is 10.6 Å². The minimum atomic E-state index is -0.461. The molecule has 0 saturated heterocycles. The van der Waals surface area contributed by atoms with Crippen LogP contribution in [0.25, 0.3) is 0 Å². The summed E-state index contributed by atoms with van der Waals surface area (Å²) in [5.74, 6) is -0.539. The van der Waals surface area contributed by atoms with Gasteiger partial charge in [0.25, 0.3) is 0 Å².